The van der Waals surface area contributed by atoms with Crippen LogP contribution in [0.4, 0.5) is 0 Å². The third-order valence-corrected chi connectivity index (χ3v) is 4.25. The molecule has 1 amide bonds. The fraction of sp³-hybridized carbons (Fsp3) is 0.500. The Morgan fingerprint density at radius 3 is 2.48 bits per heavy atom. The zero-order valence-electron chi connectivity index (χ0n) is 15.1. The van der Waals surface area contributed by atoms with E-state index in [-0.39, 0.29) is 37.3 Å². The quantitative estimate of drug-likeness (QED) is 0.711. The van der Waals surface area contributed by atoms with E-state index in [1.165, 1.54) is 0 Å². The number of methoxy groups -OCH3 is 1. The molecule has 3 rings (SSSR count). The summed E-state index contributed by atoms with van der Waals surface area (Å²) in [7, 11) is 1.54. The van der Waals surface area contributed by atoms with E-state index in [1.54, 1.807) is 16.7 Å². The van der Waals surface area contributed by atoms with Gasteiger partial charge in [0.25, 0.3) is 0 Å². The van der Waals surface area contributed by atoms with Crippen molar-refractivity contribution in [2.24, 2.45) is 5.73 Å². The molecule has 1 aromatic carbocycles. The van der Waals surface area contributed by atoms with E-state index in [1.807, 2.05) is 30.3 Å². The fourth-order valence-corrected chi connectivity index (χ4v) is 2.89. The molecule has 1 aliphatic heterocycles. The molecule has 1 saturated heterocycles. The molecule has 0 radical (unpaired) electrons. The molecule has 1 aromatic heterocycles. The summed E-state index contributed by atoms with van der Waals surface area (Å²) in [4.78, 5) is 16.2. The largest absolute Gasteiger partial charge is 0.383 e. The van der Waals surface area contributed by atoms with Crippen molar-refractivity contribution in [3.63, 3.8) is 0 Å². The van der Waals surface area contributed by atoms with Crippen molar-refractivity contribution in [3.8, 4) is 5.69 Å². The van der Waals surface area contributed by atoms with Crippen LogP contribution in [-0.2, 0) is 16.1 Å². The monoisotopic (exact) mass is 417 g/mol. The molecule has 11 heteroatoms. The van der Waals surface area contributed by atoms with E-state index in [0.29, 0.717) is 19.6 Å². The summed E-state index contributed by atoms with van der Waals surface area (Å²) >= 11 is 0. The number of benzene rings is 1. The highest BCUT2D eigenvalue weighted by atomic mass is 35.5. The number of hydrogen-bond donors (Lipinski definition) is 1. The van der Waals surface area contributed by atoms with Gasteiger partial charge in [-0.1, -0.05) is 18.2 Å². The van der Waals surface area contributed by atoms with Crippen LogP contribution in [0.2, 0.25) is 0 Å². The van der Waals surface area contributed by atoms with Crippen molar-refractivity contribution in [1.29, 1.82) is 0 Å². The minimum absolute atomic E-state index is 0. The second-order valence-electron chi connectivity index (χ2n) is 6.01. The van der Waals surface area contributed by atoms with Crippen molar-refractivity contribution in [3.05, 3.63) is 36.2 Å². The molecule has 27 heavy (non-hydrogen) atoms. The van der Waals surface area contributed by atoms with Gasteiger partial charge in [0.1, 0.15) is 6.04 Å². The van der Waals surface area contributed by atoms with Gasteiger partial charge in [-0.05, 0) is 22.6 Å². The van der Waals surface area contributed by atoms with Gasteiger partial charge in [0.05, 0.1) is 18.8 Å². The lowest BCUT2D eigenvalue weighted by Gasteiger charge is -2.35. The van der Waals surface area contributed by atoms with Gasteiger partial charge in [-0.2, -0.15) is 4.68 Å². The first-order valence-corrected chi connectivity index (χ1v) is 8.27. The molecule has 150 valence electrons. The maximum absolute atomic E-state index is 12.2. The van der Waals surface area contributed by atoms with Gasteiger partial charge in [-0.15, -0.1) is 29.9 Å². The molecule has 2 aromatic rings. The first-order chi connectivity index (χ1) is 12.2. The first kappa shape index (κ1) is 23.3. The lowest BCUT2D eigenvalue weighted by molar-refractivity contribution is -0.135. The Morgan fingerprint density at radius 1 is 1.19 bits per heavy atom. The number of carbonyl (C=O) groups excluding carboxylic acids is 1. The van der Waals surface area contributed by atoms with Crippen LogP contribution in [0.3, 0.4) is 0 Å². The number of aromatic nitrogens is 4. The Bertz CT molecular complexity index is 693. The maximum Gasteiger partial charge on any atom is 0.241 e. The number of piperazine rings is 1. The number of tetrazole rings is 1. The number of ether oxygens (including phenoxy) is 1. The summed E-state index contributed by atoms with van der Waals surface area (Å²) in [5.74, 6) is 0.720. The molecule has 2 N–H and O–H groups in total. The molecule has 0 saturated carbocycles. The summed E-state index contributed by atoms with van der Waals surface area (Å²) in [5, 5.41) is 12.0. The SMILES string of the molecule is COCC(N)C(=O)N1CCN(Cc2nnnn2-c2ccccc2)CC1.Cl.Cl. The van der Waals surface area contributed by atoms with Crippen LogP contribution in [0.1, 0.15) is 5.82 Å². The van der Waals surface area contributed by atoms with E-state index < -0.39 is 6.04 Å². The van der Waals surface area contributed by atoms with Crippen molar-refractivity contribution in [1.82, 2.24) is 30.0 Å². The molecule has 9 nitrogen and oxygen atoms in total. The average molecular weight is 418 g/mol. The Hall–Kier alpha value is -1.78. The number of carbonyl (C=O) groups is 1. The predicted octanol–water partition coefficient (Wildman–Crippen LogP) is 0.124. The van der Waals surface area contributed by atoms with E-state index in [4.69, 9.17) is 10.5 Å². The normalized spacial score (nSPS) is 15.6. The third kappa shape index (κ3) is 5.85. The average Bonchev–Trinajstić information content (AvgIpc) is 3.11. The number of hydrogen-bond acceptors (Lipinski definition) is 7. The predicted molar refractivity (Wildman–Crippen MR) is 105 cm³/mol. The minimum atomic E-state index is -0.595. The van der Waals surface area contributed by atoms with Crippen LogP contribution in [-0.4, -0.2) is 81.9 Å². The van der Waals surface area contributed by atoms with Gasteiger partial charge in [-0.3, -0.25) is 9.69 Å². The highest BCUT2D eigenvalue weighted by Gasteiger charge is 2.26. The zero-order valence-corrected chi connectivity index (χ0v) is 16.7. The van der Waals surface area contributed by atoms with E-state index in [2.05, 4.69) is 20.4 Å². The minimum Gasteiger partial charge on any atom is -0.383 e. The number of rotatable bonds is 6. The van der Waals surface area contributed by atoms with Crippen molar-refractivity contribution >= 4 is 30.7 Å². The van der Waals surface area contributed by atoms with E-state index in [9.17, 15) is 4.79 Å². The molecule has 2 heterocycles. The molecule has 1 unspecified atom stereocenters. The van der Waals surface area contributed by atoms with Crippen molar-refractivity contribution in [2.45, 2.75) is 12.6 Å². The van der Waals surface area contributed by atoms with Crippen LogP contribution in [0.15, 0.2) is 30.3 Å². The number of para-hydroxylation sites is 1. The summed E-state index contributed by atoms with van der Waals surface area (Å²) in [6.07, 6.45) is 0. The fourth-order valence-electron chi connectivity index (χ4n) is 2.89. The maximum atomic E-state index is 12.2. The summed E-state index contributed by atoms with van der Waals surface area (Å²) in [6, 6.07) is 9.20. The van der Waals surface area contributed by atoms with Crippen molar-refractivity contribution < 1.29 is 9.53 Å². The van der Waals surface area contributed by atoms with Gasteiger partial charge >= 0.3 is 0 Å². The number of halogens is 2. The number of nitrogens with zero attached hydrogens (tertiary/aromatic N) is 6. The molecule has 0 spiro atoms. The van der Waals surface area contributed by atoms with Gasteiger partial charge in [0.15, 0.2) is 5.82 Å². The van der Waals surface area contributed by atoms with Gasteiger partial charge in [0.2, 0.25) is 5.91 Å². The Morgan fingerprint density at radius 2 is 1.85 bits per heavy atom. The standard InChI is InChI=1S/C16H23N7O2.2ClH/c1-25-12-14(17)16(24)22-9-7-21(8-10-22)11-15-18-19-20-23(15)13-5-3-2-4-6-13;;/h2-6,14H,7-12,17H2,1H3;2*1H. The summed E-state index contributed by atoms with van der Waals surface area (Å²) < 4.78 is 6.70. The Kier molecular flexibility index (Phi) is 9.61. The number of nitrogens with two attached hydrogens (primary N) is 1. The first-order valence-electron chi connectivity index (χ1n) is 8.27. The Labute approximate surface area is 170 Å². The molecule has 1 atom stereocenters. The van der Waals surface area contributed by atoms with E-state index in [0.717, 1.165) is 24.6 Å². The van der Waals surface area contributed by atoms with Crippen molar-refractivity contribution in [2.75, 3.05) is 39.9 Å². The number of amides is 1. The van der Waals surface area contributed by atoms with Crippen LogP contribution >= 0.6 is 24.8 Å². The third-order valence-electron chi connectivity index (χ3n) is 4.25. The molecule has 1 aliphatic rings. The summed E-state index contributed by atoms with van der Waals surface area (Å²) in [6.45, 7) is 3.67. The van der Waals surface area contributed by atoms with Crippen LogP contribution in [0.25, 0.3) is 5.69 Å². The second kappa shape index (κ2) is 11.2. The lowest BCUT2D eigenvalue weighted by atomic mass is 10.2. The molecular formula is C16H25Cl2N7O2. The van der Waals surface area contributed by atoms with Crippen LogP contribution in [0.5, 0.6) is 0 Å². The summed E-state index contributed by atoms with van der Waals surface area (Å²) in [5.41, 5.74) is 6.76. The second-order valence-corrected chi connectivity index (χ2v) is 6.01. The van der Waals surface area contributed by atoms with Crippen LogP contribution < -0.4 is 5.73 Å². The zero-order chi connectivity index (χ0) is 17.6. The topological polar surface area (TPSA) is 102 Å². The highest BCUT2D eigenvalue weighted by molar-refractivity contribution is 5.85. The van der Waals surface area contributed by atoms with Gasteiger partial charge in [-0.25, -0.2) is 0 Å². The molecule has 0 bridgehead atoms. The smallest absolute Gasteiger partial charge is 0.241 e. The van der Waals surface area contributed by atoms with Crippen LogP contribution in [0, 0.1) is 0 Å². The Balaban J connectivity index is 0.00000182. The van der Waals surface area contributed by atoms with Gasteiger partial charge < -0.3 is 15.4 Å². The highest BCUT2D eigenvalue weighted by Crippen LogP contribution is 2.11. The molecular weight excluding hydrogens is 393 g/mol. The van der Waals surface area contributed by atoms with E-state index >= 15 is 0 Å². The molecule has 0 aliphatic carbocycles. The van der Waals surface area contributed by atoms with Gasteiger partial charge in [0, 0.05) is 33.3 Å². The molecule has 1 fully saturated rings. The lowest BCUT2D eigenvalue weighted by Crippen LogP contribution is -2.54.